The molecule has 0 spiro atoms. The van der Waals surface area contributed by atoms with Crippen molar-refractivity contribution in [3.63, 3.8) is 0 Å². The third-order valence-electron chi connectivity index (χ3n) is 4.03. The molecular formula is C19H21NO7S2. The van der Waals surface area contributed by atoms with Crippen LogP contribution in [0.15, 0.2) is 23.1 Å². The molecule has 0 aromatic heterocycles. The fraction of sp³-hybridized carbons (Fsp3) is 0.368. The Kier molecular flexibility index (Phi) is 8.03. The maximum Gasteiger partial charge on any atom is 0.327 e. The Balaban J connectivity index is 2.26. The molecule has 1 aromatic carbocycles. The standard InChI is InChI=1S/C19H21NO7S2/c1-3-4-7-27-13-6-5-11(8-14(13)26-2)9-15-17(23)20(19(28)29-15)12(18(24)25)10-16(21)22/h5-6,8-9,12H,3-4,7,10H2,1-2H3,(H,21,22)(H,24,25)/b15-9-/t12-/m0/s1. The lowest BCUT2D eigenvalue weighted by molar-refractivity contribution is -0.150. The highest BCUT2D eigenvalue weighted by atomic mass is 32.2. The molecule has 1 heterocycles. The van der Waals surface area contributed by atoms with Crippen molar-refractivity contribution in [2.45, 2.75) is 32.2 Å². The van der Waals surface area contributed by atoms with E-state index in [4.69, 9.17) is 26.8 Å². The Hall–Kier alpha value is -2.59. The lowest BCUT2D eigenvalue weighted by Gasteiger charge is -2.21. The minimum atomic E-state index is -1.56. The summed E-state index contributed by atoms with van der Waals surface area (Å²) in [5, 5.41) is 18.2. The summed E-state index contributed by atoms with van der Waals surface area (Å²) in [4.78, 5) is 36.1. The number of thiocarbonyl (C=S) groups is 1. The normalized spacial score (nSPS) is 16.2. The van der Waals surface area contributed by atoms with Gasteiger partial charge >= 0.3 is 11.9 Å². The van der Waals surface area contributed by atoms with Crippen LogP contribution < -0.4 is 9.47 Å². The van der Waals surface area contributed by atoms with Gasteiger partial charge in [0.05, 0.1) is 25.0 Å². The van der Waals surface area contributed by atoms with E-state index in [9.17, 15) is 19.5 Å². The number of ether oxygens (including phenoxy) is 2. The number of hydrogen-bond acceptors (Lipinski definition) is 7. The van der Waals surface area contributed by atoms with E-state index in [1.807, 2.05) is 0 Å². The number of carbonyl (C=O) groups is 3. The lowest BCUT2D eigenvalue weighted by atomic mass is 10.1. The maximum atomic E-state index is 12.7. The molecule has 1 fully saturated rings. The molecule has 1 atom stereocenters. The second-order valence-corrected chi connectivity index (χ2v) is 7.79. The van der Waals surface area contributed by atoms with Gasteiger partial charge < -0.3 is 19.7 Å². The molecule has 0 saturated carbocycles. The maximum absolute atomic E-state index is 12.7. The molecule has 0 aliphatic carbocycles. The number of benzene rings is 1. The molecule has 0 unspecified atom stereocenters. The molecule has 156 valence electrons. The summed E-state index contributed by atoms with van der Waals surface area (Å²) in [5.74, 6) is -2.33. The Bertz CT molecular complexity index is 853. The smallest absolute Gasteiger partial charge is 0.327 e. The average Bonchev–Trinajstić information content (AvgIpc) is 2.93. The summed E-state index contributed by atoms with van der Waals surface area (Å²) in [6.45, 7) is 2.62. The fourth-order valence-electron chi connectivity index (χ4n) is 2.57. The van der Waals surface area contributed by atoms with Crippen LogP contribution in [-0.2, 0) is 14.4 Å². The van der Waals surface area contributed by atoms with E-state index in [1.54, 1.807) is 24.3 Å². The van der Waals surface area contributed by atoms with Crippen LogP contribution in [0, 0.1) is 0 Å². The molecule has 8 nitrogen and oxygen atoms in total. The number of amides is 1. The topological polar surface area (TPSA) is 113 Å². The van der Waals surface area contributed by atoms with Crippen LogP contribution in [0.3, 0.4) is 0 Å². The SMILES string of the molecule is CCCCOc1ccc(/C=C2\SC(=S)N([C@@H](CC(=O)O)C(=O)O)C2=O)cc1OC. The number of carbonyl (C=O) groups excluding carboxylic acids is 1. The van der Waals surface area contributed by atoms with Gasteiger partial charge in [-0.1, -0.05) is 43.4 Å². The minimum absolute atomic E-state index is 0.00128. The van der Waals surface area contributed by atoms with Crippen LogP contribution in [0.4, 0.5) is 0 Å². The first-order valence-electron chi connectivity index (χ1n) is 8.81. The number of hydrogen-bond donors (Lipinski definition) is 2. The van der Waals surface area contributed by atoms with Gasteiger partial charge in [-0.3, -0.25) is 14.5 Å². The van der Waals surface area contributed by atoms with E-state index >= 15 is 0 Å². The number of methoxy groups -OCH3 is 1. The van der Waals surface area contributed by atoms with Crippen molar-refractivity contribution in [3.05, 3.63) is 28.7 Å². The van der Waals surface area contributed by atoms with Crippen LogP contribution in [0.1, 0.15) is 31.7 Å². The van der Waals surface area contributed by atoms with Crippen molar-refractivity contribution < 1.29 is 34.1 Å². The Morgan fingerprint density at radius 1 is 1.31 bits per heavy atom. The minimum Gasteiger partial charge on any atom is -0.493 e. The van der Waals surface area contributed by atoms with Gasteiger partial charge in [0.2, 0.25) is 0 Å². The number of rotatable bonds is 10. The number of thioether (sulfide) groups is 1. The van der Waals surface area contributed by atoms with Crippen molar-refractivity contribution in [2.24, 2.45) is 0 Å². The third kappa shape index (κ3) is 5.70. The monoisotopic (exact) mass is 439 g/mol. The van der Waals surface area contributed by atoms with Gasteiger partial charge in [-0.05, 0) is 30.2 Å². The van der Waals surface area contributed by atoms with Gasteiger partial charge in [0, 0.05) is 0 Å². The number of aliphatic carboxylic acids is 2. The van der Waals surface area contributed by atoms with Crippen molar-refractivity contribution >= 4 is 52.2 Å². The van der Waals surface area contributed by atoms with Gasteiger partial charge in [0.1, 0.15) is 10.4 Å². The molecule has 1 aromatic rings. The predicted molar refractivity (Wildman–Crippen MR) is 112 cm³/mol. The van der Waals surface area contributed by atoms with Crippen molar-refractivity contribution in [1.82, 2.24) is 4.90 Å². The van der Waals surface area contributed by atoms with E-state index in [1.165, 1.54) is 7.11 Å². The number of unbranched alkanes of at least 4 members (excludes halogenated alkanes) is 1. The van der Waals surface area contributed by atoms with Crippen molar-refractivity contribution in [2.75, 3.05) is 13.7 Å². The van der Waals surface area contributed by atoms with E-state index in [0.29, 0.717) is 23.7 Å². The lowest BCUT2D eigenvalue weighted by Crippen LogP contribution is -2.45. The molecule has 29 heavy (non-hydrogen) atoms. The zero-order valence-electron chi connectivity index (χ0n) is 15.9. The molecule has 10 heteroatoms. The Morgan fingerprint density at radius 2 is 2.03 bits per heavy atom. The first kappa shape index (κ1) is 22.7. The summed E-state index contributed by atoms with van der Waals surface area (Å²) in [7, 11) is 1.51. The molecule has 1 amide bonds. The fourth-order valence-corrected chi connectivity index (χ4v) is 3.93. The number of carboxylic acid groups (broad SMARTS) is 2. The van der Waals surface area contributed by atoms with Crippen LogP contribution in [0.5, 0.6) is 11.5 Å². The largest absolute Gasteiger partial charge is 0.493 e. The molecule has 1 aliphatic rings. The molecule has 2 rings (SSSR count). The molecule has 0 bridgehead atoms. The van der Waals surface area contributed by atoms with Crippen LogP contribution in [0.2, 0.25) is 0 Å². The van der Waals surface area contributed by atoms with Gasteiger partial charge in [-0.25, -0.2) is 4.79 Å². The zero-order valence-corrected chi connectivity index (χ0v) is 17.5. The molecule has 1 saturated heterocycles. The van der Waals surface area contributed by atoms with Crippen LogP contribution in [-0.4, -0.2) is 57.0 Å². The highest BCUT2D eigenvalue weighted by Gasteiger charge is 2.41. The Morgan fingerprint density at radius 3 is 2.62 bits per heavy atom. The second kappa shape index (κ2) is 10.3. The van der Waals surface area contributed by atoms with Gasteiger partial charge in [-0.2, -0.15) is 0 Å². The molecule has 0 radical (unpaired) electrons. The summed E-state index contributed by atoms with van der Waals surface area (Å²) < 4.78 is 11.0. The second-order valence-electron chi connectivity index (χ2n) is 6.12. The summed E-state index contributed by atoms with van der Waals surface area (Å²) in [6, 6.07) is 3.60. The van der Waals surface area contributed by atoms with Gasteiger partial charge in [-0.15, -0.1) is 0 Å². The molecule has 2 N–H and O–H groups in total. The van der Waals surface area contributed by atoms with Gasteiger partial charge in [0.15, 0.2) is 11.5 Å². The summed E-state index contributed by atoms with van der Waals surface area (Å²) in [5.41, 5.74) is 0.635. The summed E-state index contributed by atoms with van der Waals surface area (Å²) >= 11 is 6.04. The van der Waals surface area contributed by atoms with E-state index in [2.05, 4.69) is 6.92 Å². The summed E-state index contributed by atoms with van der Waals surface area (Å²) in [6.07, 6.45) is 2.72. The van der Waals surface area contributed by atoms with E-state index < -0.39 is 30.3 Å². The average molecular weight is 440 g/mol. The highest BCUT2D eigenvalue weighted by molar-refractivity contribution is 8.26. The van der Waals surface area contributed by atoms with Crippen LogP contribution in [0.25, 0.3) is 6.08 Å². The number of carboxylic acids is 2. The van der Waals surface area contributed by atoms with Gasteiger partial charge in [0.25, 0.3) is 5.91 Å². The van der Waals surface area contributed by atoms with Crippen LogP contribution >= 0.6 is 24.0 Å². The van der Waals surface area contributed by atoms with E-state index in [0.717, 1.165) is 29.5 Å². The Labute approximate surface area is 177 Å². The first-order chi connectivity index (χ1) is 13.8. The zero-order chi connectivity index (χ0) is 21.6. The predicted octanol–water partition coefficient (Wildman–Crippen LogP) is 3.00. The quantitative estimate of drug-likeness (QED) is 0.323. The first-order valence-corrected chi connectivity index (χ1v) is 10.0. The highest BCUT2D eigenvalue weighted by Crippen LogP contribution is 2.36. The molecule has 1 aliphatic heterocycles. The van der Waals surface area contributed by atoms with E-state index in [-0.39, 0.29) is 9.23 Å². The third-order valence-corrected chi connectivity index (χ3v) is 5.36. The number of nitrogens with zero attached hydrogens (tertiary/aromatic N) is 1. The van der Waals surface area contributed by atoms with Crippen molar-refractivity contribution in [3.8, 4) is 11.5 Å². The van der Waals surface area contributed by atoms with Crippen molar-refractivity contribution in [1.29, 1.82) is 0 Å². The molecular weight excluding hydrogens is 418 g/mol.